The van der Waals surface area contributed by atoms with Crippen LogP contribution < -0.4 is 10.6 Å². The molecule has 21 heavy (non-hydrogen) atoms. The Morgan fingerprint density at radius 1 is 1.24 bits per heavy atom. The fourth-order valence-corrected chi connectivity index (χ4v) is 3.10. The number of hydrogen-bond donors (Lipinski definition) is 2. The highest BCUT2D eigenvalue weighted by Crippen LogP contribution is 2.34. The second-order valence-corrected chi connectivity index (χ2v) is 5.93. The van der Waals surface area contributed by atoms with Crippen LogP contribution in [0.5, 0.6) is 0 Å². The third-order valence-corrected chi connectivity index (χ3v) is 4.14. The summed E-state index contributed by atoms with van der Waals surface area (Å²) in [5, 5.41) is 6.34. The molecule has 5 heteroatoms. The molecule has 5 nitrogen and oxygen atoms in total. The van der Waals surface area contributed by atoms with E-state index in [-0.39, 0.29) is 11.5 Å². The lowest BCUT2D eigenvalue weighted by Gasteiger charge is -2.37. The zero-order valence-electron chi connectivity index (χ0n) is 12.4. The molecule has 2 aliphatic rings. The molecule has 2 fully saturated rings. The second-order valence-electron chi connectivity index (χ2n) is 5.93. The first-order chi connectivity index (χ1) is 10.2. The predicted molar refractivity (Wildman–Crippen MR) is 81.5 cm³/mol. The first-order valence-electron chi connectivity index (χ1n) is 7.51. The highest BCUT2D eigenvalue weighted by molar-refractivity contribution is 5.88. The Hall–Kier alpha value is -1.59. The van der Waals surface area contributed by atoms with E-state index in [9.17, 15) is 4.79 Å². The first kappa shape index (κ1) is 14.4. The van der Waals surface area contributed by atoms with Gasteiger partial charge in [0.2, 0.25) is 5.91 Å². The minimum Gasteiger partial charge on any atom is -0.382 e. The third kappa shape index (κ3) is 3.54. The fraction of sp³-hybridized carbons (Fsp3) is 0.562. The Bertz CT molecular complexity index is 495. The van der Waals surface area contributed by atoms with Crippen LogP contribution in [0, 0.1) is 0 Å². The maximum atomic E-state index is 11.0. The SMILES string of the molecule is CC(=O)Nc1ccc(NC2CCOC3(CCOC3)C2)cc1. The quantitative estimate of drug-likeness (QED) is 0.897. The molecule has 1 aromatic carbocycles. The predicted octanol–water partition coefficient (Wildman–Crippen LogP) is 2.40. The monoisotopic (exact) mass is 290 g/mol. The Morgan fingerprint density at radius 3 is 2.67 bits per heavy atom. The third-order valence-electron chi connectivity index (χ3n) is 4.14. The summed E-state index contributed by atoms with van der Waals surface area (Å²) in [6.07, 6.45) is 2.99. The average molecular weight is 290 g/mol. The number of hydrogen-bond acceptors (Lipinski definition) is 4. The molecule has 2 atom stereocenters. The van der Waals surface area contributed by atoms with Crippen molar-refractivity contribution in [1.82, 2.24) is 0 Å². The van der Waals surface area contributed by atoms with Crippen LogP contribution in [0.3, 0.4) is 0 Å². The van der Waals surface area contributed by atoms with E-state index in [0.29, 0.717) is 12.6 Å². The zero-order valence-corrected chi connectivity index (χ0v) is 12.4. The summed E-state index contributed by atoms with van der Waals surface area (Å²) in [5.41, 5.74) is 1.82. The number of amides is 1. The molecule has 0 aliphatic carbocycles. The maximum Gasteiger partial charge on any atom is 0.221 e. The van der Waals surface area contributed by atoms with Gasteiger partial charge in [-0.25, -0.2) is 0 Å². The summed E-state index contributed by atoms with van der Waals surface area (Å²) in [6, 6.07) is 8.23. The molecule has 1 aromatic rings. The van der Waals surface area contributed by atoms with Crippen molar-refractivity contribution >= 4 is 17.3 Å². The largest absolute Gasteiger partial charge is 0.382 e. The fourth-order valence-electron chi connectivity index (χ4n) is 3.10. The molecule has 0 radical (unpaired) electrons. The molecule has 2 aliphatic heterocycles. The standard InChI is InChI=1S/C16H22N2O3/c1-12(19)17-13-2-4-14(5-3-13)18-15-6-8-21-16(10-15)7-9-20-11-16/h2-5,15,18H,6-11H2,1H3,(H,17,19). The molecule has 0 aromatic heterocycles. The number of carbonyl (C=O) groups is 1. The molecule has 2 heterocycles. The van der Waals surface area contributed by atoms with E-state index in [1.165, 1.54) is 6.92 Å². The van der Waals surface area contributed by atoms with Crippen LogP contribution in [-0.2, 0) is 14.3 Å². The van der Waals surface area contributed by atoms with E-state index < -0.39 is 0 Å². The summed E-state index contributed by atoms with van der Waals surface area (Å²) in [5.74, 6) is -0.0525. The van der Waals surface area contributed by atoms with Crippen LogP contribution in [-0.4, -0.2) is 37.4 Å². The Kier molecular flexibility index (Phi) is 4.12. The van der Waals surface area contributed by atoms with E-state index in [1.54, 1.807) is 0 Å². The maximum absolute atomic E-state index is 11.0. The smallest absolute Gasteiger partial charge is 0.221 e. The molecule has 114 valence electrons. The van der Waals surface area contributed by atoms with Crippen molar-refractivity contribution in [3.05, 3.63) is 24.3 Å². The van der Waals surface area contributed by atoms with Crippen LogP contribution in [0.15, 0.2) is 24.3 Å². The van der Waals surface area contributed by atoms with Crippen molar-refractivity contribution in [3.8, 4) is 0 Å². The van der Waals surface area contributed by atoms with Gasteiger partial charge in [-0.3, -0.25) is 4.79 Å². The van der Waals surface area contributed by atoms with Crippen LogP contribution in [0.2, 0.25) is 0 Å². The number of rotatable bonds is 3. The van der Waals surface area contributed by atoms with E-state index in [1.807, 2.05) is 24.3 Å². The molecule has 3 rings (SSSR count). The van der Waals surface area contributed by atoms with Gasteiger partial charge in [-0.1, -0.05) is 0 Å². The zero-order chi connectivity index (χ0) is 14.7. The molecule has 0 bridgehead atoms. The Morgan fingerprint density at radius 2 is 2.00 bits per heavy atom. The highest BCUT2D eigenvalue weighted by atomic mass is 16.6. The van der Waals surface area contributed by atoms with Crippen molar-refractivity contribution in [2.24, 2.45) is 0 Å². The molecule has 2 N–H and O–H groups in total. The van der Waals surface area contributed by atoms with Gasteiger partial charge >= 0.3 is 0 Å². The lowest BCUT2D eigenvalue weighted by atomic mass is 9.89. The van der Waals surface area contributed by atoms with Crippen LogP contribution in [0.25, 0.3) is 0 Å². The summed E-state index contributed by atoms with van der Waals surface area (Å²) in [6.45, 7) is 3.81. The number of benzene rings is 1. The van der Waals surface area contributed by atoms with Gasteiger partial charge in [0.15, 0.2) is 0 Å². The molecular weight excluding hydrogens is 268 g/mol. The van der Waals surface area contributed by atoms with Crippen LogP contribution in [0.4, 0.5) is 11.4 Å². The van der Waals surface area contributed by atoms with Gasteiger partial charge in [0.05, 0.1) is 12.2 Å². The van der Waals surface area contributed by atoms with Gasteiger partial charge < -0.3 is 20.1 Å². The number of nitrogens with one attached hydrogen (secondary N) is 2. The number of carbonyl (C=O) groups excluding carboxylic acids is 1. The van der Waals surface area contributed by atoms with Gasteiger partial charge in [-0.15, -0.1) is 0 Å². The minimum absolute atomic E-state index is 0.0525. The lowest BCUT2D eigenvalue weighted by Crippen LogP contribution is -2.44. The van der Waals surface area contributed by atoms with E-state index in [4.69, 9.17) is 9.47 Å². The van der Waals surface area contributed by atoms with Crippen LogP contribution >= 0.6 is 0 Å². The topological polar surface area (TPSA) is 59.6 Å². The first-order valence-corrected chi connectivity index (χ1v) is 7.51. The molecular formula is C16H22N2O3. The molecule has 1 amide bonds. The van der Waals surface area contributed by atoms with E-state index >= 15 is 0 Å². The number of anilines is 2. The van der Waals surface area contributed by atoms with Gasteiger partial charge in [0, 0.05) is 44.0 Å². The Labute approximate surface area is 125 Å². The molecule has 1 spiro atoms. The second kappa shape index (κ2) is 6.03. The molecule has 2 unspecified atom stereocenters. The highest BCUT2D eigenvalue weighted by Gasteiger charge is 2.40. The summed E-state index contributed by atoms with van der Waals surface area (Å²) in [4.78, 5) is 11.0. The van der Waals surface area contributed by atoms with Crippen molar-refractivity contribution in [1.29, 1.82) is 0 Å². The van der Waals surface area contributed by atoms with Crippen molar-refractivity contribution in [2.45, 2.75) is 37.8 Å². The summed E-state index contributed by atoms with van der Waals surface area (Å²) < 4.78 is 11.4. The van der Waals surface area contributed by atoms with Gasteiger partial charge in [0.25, 0.3) is 0 Å². The molecule has 0 saturated carbocycles. The Balaban J connectivity index is 1.59. The van der Waals surface area contributed by atoms with Gasteiger partial charge in [-0.2, -0.15) is 0 Å². The van der Waals surface area contributed by atoms with Crippen molar-refractivity contribution in [2.75, 3.05) is 30.5 Å². The van der Waals surface area contributed by atoms with Gasteiger partial charge in [0.1, 0.15) is 0 Å². The normalized spacial score (nSPS) is 28.5. The molecule has 2 saturated heterocycles. The van der Waals surface area contributed by atoms with E-state index in [0.717, 1.165) is 43.9 Å². The number of ether oxygens (including phenoxy) is 2. The van der Waals surface area contributed by atoms with Gasteiger partial charge in [-0.05, 0) is 37.1 Å². The van der Waals surface area contributed by atoms with Crippen LogP contribution in [0.1, 0.15) is 26.2 Å². The lowest BCUT2D eigenvalue weighted by molar-refractivity contribution is -0.114. The van der Waals surface area contributed by atoms with Crippen molar-refractivity contribution in [3.63, 3.8) is 0 Å². The summed E-state index contributed by atoms with van der Waals surface area (Å²) in [7, 11) is 0. The summed E-state index contributed by atoms with van der Waals surface area (Å²) >= 11 is 0. The van der Waals surface area contributed by atoms with Crippen molar-refractivity contribution < 1.29 is 14.3 Å². The van der Waals surface area contributed by atoms with E-state index in [2.05, 4.69) is 10.6 Å². The minimum atomic E-state index is -0.0773. The average Bonchev–Trinajstić information content (AvgIpc) is 2.88.